The number of benzene rings is 1. The zero-order valence-electron chi connectivity index (χ0n) is 11.3. The van der Waals surface area contributed by atoms with Gasteiger partial charge in [-0.05, 0) is 26.3 Å². The highest BCUT2D eigenvalue weighted by atomic mass is 35.5. The standard InChI is InChI=1S/C14H20F2N2.ClH/c1-13(2,17)9-18-8-7-14(16,10-18)11-5-3-4-6-12(11)15;/h3-6H,7-10,17H2,1-2H3;1H. The molecule has 1 aliphatic heterocycles. The molecule has 1 aromatic rings. The summed E-state index contributed by atoms with van der Waals surface area (Å²) in [5, 5.41) is 0. The molecular formula is C14H21ClF2N2. The van der Waals surface area contributed by atoms with Crippen molar-refractivity contribution in [2.75, 3.05) is 19.6 Å². The molecule has 0 amide bonds. The molecule has 0 spiro atoms. The predicted molar refractivity (Wildman–Crippen MR) is 75.8 cm³/mol. The Hall–Kier alpha value is -0.710. The molecule has 0 aliphatic carbocycles. The van der Waals surface area contributed by atoms with E-state index >= 15 is 0 Å². The van der Waals surface area contributed by atoms with Crippen LogP contribution in [0.1, 0.15) is 25.8 Å². The number of nitrogens with two attached hydrogens (primary N) is 1. The summed E-state index contributed by atoms with van der Waals surface area (Å²) in [6, 6.07) is 6.10. The van der Waals surface area contributed by atoms with Gasteiger partial charge in [-0.25, -0.2) is 8.78 Å². The molecule has 19 heavy (non-hydrogen) atoms. The summed E-state index contributed by atoms with van der Waals surface area (Å²) in [6.45, 7) is 5.27. The third-order valence-corrected chi connectivity index (χ3v) is 3.29. The van der Waals surface area contributed by atoms with Crippen molar-refractivity contribution in [3.8, 4) is 0 Å². The molecule has 2 nitrogen and oxygen atoms in total. The second-order valence-electron chi connectivity index (χ2n) is 5.89. The van der Waals surface area contributed by atoms with E-state index < -0.39 is 11.5 Å². The first-order chi connectivity index (χ1) is 8.30. The fraction of sp³-hybridized carbons (Fsp3) is 0.571. The van der Waals surface area contributed by atoms with Gasteiger partial charge in [0.2, 0.25) is 0 Å². The van der Waals surface area contributed by atoms with Crippen molar-refractivity contribution >= 4 is 12.4 Å². The van der Waals surface area contributed by atoms with Crippen LogP contribution in [-0.2, 0) is 5.67 Å². The smallest absolute Gasteiger partial charge is 0.152 e. The average Bonchev–Trinajstić information content (AvgIpc) is 2.59. The summed E-state index contributed by atoms with van der Waals surface area (Å²) in [5.74, 6) is -0.464. The van der Waals surface area contributed by atoms with E-state index in [1.165, 1.54) is 12.1 Å². The normalized spacial score (nSPS) is 24.3. The van der Waals surface area contributed by atoms with Crippen LogP contribution in [0.3, 0.4) is 0 Å². The Morgan fingerprint density at radius 1 is 1.37 bits per heavy atom. The van der Waals surface area contributed by atoms with Crippen molar-refractivity contribution in [1.29, 1.82) is 0 Å². The zero-order chi connectivity index (χ0) is 13.4. The molecule has 0 saturated carbocycles. The maximum atomic E-state index is 14.8. The van der Waals surface area contributed by atoms with Gasteiger partial charge >= 0.3 is 0 Å². The van der Waals surface area contributed by atoms with Gasteiger partial charge in [0, 0.05) is 30.7 Å². The van der Waals surface area contributed by atoms with Crippen LogP contribution in [-0.4, -0.2) is 30.1 Å². The van der Waals surface area contributed by atoms with E-state index in [-0.39, 0.29) is 30.1 Å². The first-order valence-corrected chi connectivity index (χ1v) is 6.25. The van der Waals surface area contributed by atoms with Gasteiger partial charge in [-0.3, -0.25) is 4.90 Å². The van der Waals surface area contributed by atoms with Crippen LogP contribution >= 0.6 is 12.4 Å². The molecule has 2 N–H and O–H groups in total. The van der Waals surface area contributed by atoms with Crippen molar-refractivity contribution in [2.24, 2.45) is 5.73 Å². The molecular weight excluding hydrogens is 270 g/mol. The topological polar surface area (TPSA) is 29.3 Å². The summed E-state index contributed by atoms with van der Waals surface area (Å²) in [4.78, 5) is 1.96. The lowest BCUT2D eigenvalue weighted by Crippen LogP contribution is -2.45. The van der Waals surface area contributed by atoms with Gasteiger partial charge in [-0.15, -0.1) is 12.4 Å². The van der Waals surface area contributed by atoms with E-state index in [1.807, 2.05) is 18.7 Å². The third-order valence-electron chi connectivity index (χ3n) is 3.29. The number of nitrogens with zero attached hydrogens (tertiary/aromatic N) is 1. The van der Waals surface area contributed by atoms with E-state index in [4.69, 9.17) is 5.73 Å². The Balaban J connectivity index is 0.00000180. The van der Waals surface area contributed by atoms with Crippen LogP contribution in [0.15, 0.2) is 24.3 Å². The van der Waals surface area contributed by atoms with Crippen LogP contribution in [0.25, 0.3) is 0 Å². The summed E-state index contributed by atoms with van der Waals surface area (Å²) >= 11 is 0. The highest BCUT2D eigenvalue weighted by molar-refractivity contribution is 5.85. The Bertz CT molecular complexity index is 434. The van der Waals surface area contributed by atoms with Crippen molar-refractivity contribution < 1.29 is 8.78 Å². The molecule has 0 bridgehead atoms. The highest BCUT2D eigenvalue weighted by Gasteiger charge is 2.42. The van der Waals surface area contributed by atoms with E-state index in [0.29, 0.717) is 19.5 Å². The minimum absolute atomic E-state index is 0. The minimum atomic E-state index is -1.59. The van der Waals surface area contributed by atoms with Crippen molar-refractivity contribution in [2.45, 2.75) is 31.5 Å². The maximum absolute atomic E-state index is 14.8. The lowest BCUT2D eigenvalue weighted by molar-refractivity contribution is 0.153. The molecule has 0 aromatic heterocycles. The van der Waals surface area contributed by atoms with E-state index in [2.05, 4.69) is 0 Å². The minimum Gasteiger partial charge on any atom is -0.324 e. The summed E-state index contributed by atoms with van der Waals surface area (Å²) in [5.41, 5.74) is 4.16. The van der Waals surface area contributed by atoms with E-state index in [9.17, 15) is 8.78 Å². The van der Waals surface area contributed by atoms with Crippen molar-refractivity contribution in [3.05, 3.63) is 35.6 Å². The van der Waals surface area contributed by atoms with Crippen molar-refractivity contribution in [1.82, 2.24) is 4.90 Å². The largest absolute Gasteiger partial charge is 0.324 e. The van der Waals surface area contributed by atoms with Gasteiger partial charge < -0.3 is 5.73 Å². The van der Waals surface area contributed by atoms with Crippen molar-refractivity contribution in [3.63, 3.8) is 0 Å². The molecule has 0 radical (unpaired) electrons. The number of alkyl halides is 1. The molecule has 1 fully saturated rings. The second kappa shape index (κ2) is 5.73. The van der Waals surface area contributed by atoms with Crippen LogP contribution in [0, 0.1) is 5.82 Å². The maximum Gasteiger partial charge on any atom is 0.152 e. The van der Waals surface area contributed by atoms with Gasteiger partial charge in [0.05, 0.1) is 0 Å². The van der Waals surface area contributed by atoms with Crippen LogP contribution in [0.2, 0.25) is 0 Å². The Morgan fingerprint density at radius 3 is 2.58 bits per heavy atom. The Labute approximate surface area is 119 Å². The second-order valence-corrected chi connectivity index (χ2v) is 5.89. The average molecular weight is 291 g/mol. The first kappa shape index (κ1) is 16.3. The third kappa shape index (κ3) is 3.88. The van der Waals surface area contributed by atoms with Gasteiger partial charge in [0.15, 0.2) is 5.67 Å². The van der Waals surface area contributed by atoms with Gasteiger partial charge in [0.1, 0.15) is 5.82 Å². The molecule has 108 valence electrons. The monoisotopic (exact) mass is 290 g/mol. The number of hydrogen-bond donors (Lipinski definition) is 1. The lowest BCUT2D eigenvalue weighted by atomic mass is 9.94. The van der Waals surface area contributed by atoms with Gasteiger partial charge in [0.25, 0.3) is 0 Å². The highest BCUT2D eigenvalue weighted by Crippen LogP contribution is 2.37. The SMILES string of the molecule is CC(C)(N)CN1CCC(F)(c2ccccc2F)C1.Cl. The fourth-order valence-electron chi connectivity index (χ4n) is 2.60. The summed E-state index contributed by atoms with van der Waals surface area (Å²) in [6.07, 6.45) is 0.323. The zero-order valence-corrected chi connectivity index (χ0v) is 12.1. The molecule has 2 rings (SSSR count). The Morgan fingerprint density at radius 2 is 2.00 bits per heavy atom. The number of halogens is 3. The summed E-state index contributed by atoms with van der Waals surface area (Å²) in [7, 11) is 0. The van der Waals surface area contributed by atoms with E-state index in [0.717, 1.165) is 0 Å². The number of hydrogen-bond acceptors (Lipinski definition) is 2. The molecule has 1 heterocycles. The lowest BCUT2D eigenvalue weighted by Gasteiger charge is -2.27. The van der Waals surface area contributed by atoms with Gasteiger partial charge in [-0.1, -0.05) is 18.2 Å². The molecule has 1 aliphatic rings. The molecule has 1 atom stereocenters. The van der Waals surface area contributed by atoms with Crippen LogP contribution < -0.4 is 5.73 Å². The quantitative estimate of drug-likeness (QED) is 0.927. The van der Waals surface area contributed by atoms with Gasteiger partial charge in [-0.2, -0.15) is 0 Å². The number of likely N-dealkylation sites (tertiary alicyclic amines) is 1. The Kier molecular flexibility index (Phi) is 4.93. The number of rotatable bonds is 3. The molecule has 1 unspecified atom stereocenters. The van der Waals surface area contributed by atoms with E-state index in [1.54, 1.807) is 12.1 Å². The first-order valence-electron chi connectivity index (χ1n) is 6.25. The fourth-order valence-corrected chi connectivity index (χ4v) is 2.60. The van der Waals surface area contributed by atoms with Crippen LogP contribution in [0.4, 0.5) is 8.78 Å². The molecule has 1 aromatic carbocycles. The predicted octanol–water partition coefficient (Wildman–Crippen LogP) is 2.86. The molecule has 5 heteroatoms. The molecule has 1 saturated heterocycles. The summed E-state index contributed by atoms with van der Waals surface area (Å²) < 4.78 is 28.5. The van der Waals surface area contributed by atoms with Crippen LogP contribution in [0.5, 0.6) is 0 Å².